The van der Waals surface area contributed by atoms with Gasteiger partial charge in [-0.15, -0.1) is 0 Å². The van der Waals surface area contributed by atoms with Crippen LogP contribution < -0.4 is 10.6 Å². The molecule has 0 radical (unpaired) electrons. The van der Waals surface area contributed by atoms with Gasteiger partial charge in [0.15, 0.2) is 0 Å². The zero-order valence-corrected chi connectivity index (χ0v) is 12.9. The first kappa shape index (κ1) is 15.0. The maximum absolute atomic E-state index is 11.8. The summed E-state index contributed by atoms with van der Waals surface area (Å²) in [5.74, 6) is 1.28. The Kier molecular flexibility index (Phi) is 4.48. The van der Waals surface area contributed by atoms with Gasteiger partial charge < -0.3 is 10.6 Å². The van der Waals surface area contributed by atoms with Crippen LogP contribution in [-0.2, 0) is 4.79 Å². The van der Waals surface area contributed by atoms with Crippen LogP contribution in [0.5, 0.6) is 0 Å². The van der Waals surface area contributed by atoms with Crippen LogP contribution in [0, 0.1) is 5.92 Å². The zero-order valence-electron chi connectivity index (χ0n) is 12.9. The highest BCUT2D eigenvalue weighted by molar-refractivity contribution is 5.78. The Morgan fingerprint density at radius 3 is 2.45 bits per heavy atom. The summed E-state index contributed by atoms with van der Waals surface area (Å²) in [5, 5.41) is 6.36. The number of hydrogen-bond donors (Lipinski definition) is 2. The fraction of sp³-hybridized carbons (Fsp3) is 0.588. The largest absolute Gasteiger partial charge is 0.350 e. The minimum Gasteiger partial charge on any atom is -0.350 e. The monoisotopic (exact) mass is 274 g/mol. The van der Waals surface area contributed by atoms with Gasteiger partial charge in [0.1, 0.15) is 0 Å². The summed E-state index contributed by atoms with van der Waals surface area (Å²) < 4.78 is 0. The molecule has 1 aromatic rings. The first-order valence-corrected chi connectivity index (χ1v) is 7.46. The van der Waals surface area contributed by atoms with Gasteiger partial charge in [-0.05, 0) is 44.6 Å². The van der Waals surface area contributed by atoms with Crippen LogP contribution in [-0.4, -0.2) is 24.0 Å². The summed E-state index contributed by atoms with van der Waals surface area (Å²) in [5.41, 5.74) is 1.26. The standard InChI is InChI=1S/C17H26N2O/c1-12-14(13-8-6-5-7-9-13)10-15(12)18-11-16(20)19-17(2,3)4/h5-9,12,14-15,18H,10-11H2,1-4H3,(H,19,20)/t12-,14+,15+/m0/s1. The molecule has 0 heterocycles. The molecule has 1 fully saturated rings. The lowest BCUT2D eigenvalue weighted by molar-refractivity contribution is -0.122. The van der Waals surface area contributed by atoms with Crippen LogP contribution >= 0.6 is 0 Å². The maximum Gasteiger partial charge on any atom is 0.234 e. The lowest BCUT2D eigenvalue weighted by Gasteiger charge is -2.43. The molecule has 3 nitrogen and oxygen atoms in total. The fourth-order valence-electron chi connectivity index (χ4n) is 2.88. The van der Waals surface area contributed by atoms with Crippen LogP contribution in [0.1, 0.15) is 45.6 Å². The average Bonchev–Trinajstić information content (AvgIpc) is 2.36. The van der Waals surface area contributed by atoms with E-state index in [0.29, 0.717) is 24.4 Å². The van der Waals surface area contributed by atoms with Crippen molar-refractivity contribution in [1.82, 2.24) is 10.6 Å². The van der Waals surface area contributed by atoms with E-state index in [0.717, 1.165) is 6.42 Å². The summed E-state index contributed by atoms with van der Waals surface area (Å²) in [4.78, 5) is 11.8. The summed E-state index contributed by atoms with van der Waals surface area (Å²) in [7, 11) is 0. The van der Waals surface area contributed by atoms with Crippen LogP contribution in [0.3, 0.4) is 0 Å². The van der Waals surface area contributed by atoms with Gasteiger partial charge in [0.2, 0.25) is 5.91 Å². The fourth-order valence-corrected chi connectivity index (χ4v) is 2.88. The van der Waals surface area contributed by atoms with E-state index in [1.165, 1.54) is 5.56 Å². The number of carbonyl (C=O) groups is 1. The number of rotatable bonds is 4. The van der Waals surface area contributed by atoms with E-state index in [9.17, 15) is 4.79 Å². The van der Waals surface area contributed by atoms with Gasteiger partial charge in [-0.1, -0.05) is 37.3 Å². The van der Waals surface area contributed by atoms with Crippen molar-refractivity contribution in [1.29, 1.82) is 0 Å². The molecular formula is C17H26N2O. The molecule has 1 aliphatic rings. The van der Waals surface area contributed by atoms with Crippen molar-refractivity contribution in [2.45, 2.75) is 51.6 Å². The van der Waals surface area contributed by atoms with Gasteiger partial charge in [0.05, 0.1) is 6.54 Å². The number of nitrogens with one attached hydrogen (secondary N) is 2. The Labute approximate surface area is 122 Å². The van der Waals surface area contributed by atoms with E-state index in [1.54, 1.807) is 0 Å². The second-order valence-electron chi connectivity index (χ2n) is 6.90. The van der Waals surface area contributed by atoms with Crippen LogP contribution in [0.4, 0.5) is 0 Å². The van der Waals surface area contributed by atoms with Crippen molar-refractivity contribution in [3.05, 3.63) is 35.9 Å². The van der Waals surface area contributed by atoms with Crippen molar-refractivity contribution >= 4 is 5.91 Å². The van der Waals surface area contributed by atoms with Crippen LogP contribution in [0.2, 0.25) is 0 Å². The van der Waals surface area contributed by atoms with Crippen molar-refractivity contribution in [2.75, 3.05) is 6.54 Å². The van der Waals surface area contributed by atoms with Gasteiger partial charge in [0, 0.05) is 11.6 Å². The van der Waals surface area contributed by atoms with Crippen molar-refractivity contribution in [2.24, 2.45) is 5.92 Å². The normalized spacial score (nSPS) is 25.9. The molecule has 3 heteroatoms. The third-order valence-corrected chi connectivity index (χ3v) is 4.04. The summed E-state index contributed by atoms with van der Waals surface area (Å²) >= 11 is 0. The minimum absolute atomic E-state index is 0.0767. The molecule has 0 unspecified atom stereocenters. The Morgan fingerprint density at radius 2 is 1.90 bits per heavy atom. The molecule has 0 saturated heterocycles. The van der Waals surface area contributed by atoms with Gasteiger partial charge in [-0.3, -0.25) is 4.79 Å². The number of amides is 1. The third kappa shape index (κ3) is 3.83. The molecule has 110 valence electrons. The molecular weight excluding hydrogens is 248 g/mol. The molecule has 1 amide bonds. The lowest BCUT2D eigenvalue weighted by atomic mass is 9.67. The van der Waals surface area contributed by atoms with Gasteiger partial charge in [0.25, 0.3) is 0 Å². The quantitative estimate of drug-likeness (QED) is 0.886. The average molecular weight is 274 g/mol. The highest BCUT2D eigenvalue weighted by atomic mass is 16.2. The van der Waals surface area contributed by atoms with E-state index in [-0.39, 0.29) is 11.4 Å². The molecule has 3 atom stereocenters. The van der Waals surface area contributed by atoms with Crippen LogP contribution in [0.25, 0.3) is 0 Å². The van der Waals surface area contributed by atoms with E-state index in [4.69, 9.17) is 0 Å². The van der Waals surface area contributed by atoms with E-state index in [2.05, 4.69) is 47.9 Å². The first-order chi connectivity index (χ1) is 9.37. The Balaban J connectivity index is 1.76. The SMILES string of the molecule is C[C@@H]1[C@H](NCC(=O)NC(C)(C)C)C[C@H]1c1ccccc1. The Hall–Kier alpha value is -1.35. The lowest BCUT2D eigenvalue weighted by Crippen LogP contribution is -2.52. The van der Waals surface area contributed by atoms with Gasteiger partial charge in [-0.2, -0.15) is 0 Å². The number of benzene rings is 1. The molecule has 2 rings (SSSR count). The second-order valence-corrected chi connectivity index (χ2v) is 6.90. The maximum atomic E-state index is 11.8. The molecule has 0 spiro atoms. The molecule has 0 aliphatic heterocycles. The second kappa shape index (κ2) is 5.96. The number of hydrogen-bond acceptors (Lipinski definition) is 2. The third-order valence-electron chi connectivity index (χ3n) is 4.04. The van der Waals surface area contributed by atoms with Gasteiger partial charge >= 0.3 is 0 Å². The van der Waals surface area contributed by atoms with E-state index in [1.807, 2.05) is 20.8 Å². The smallest absolute Gasteiger partial charge is 0.234 e. The van der Waals surface area contributed by atoms with Crippen LogP contribution in [0.15, 0.2) is 30.3 Å². The molecule has 0 bridgehead atoms. The van der Waals surface area contributed by atoms with Crippen molar-refractivity contribution < 1.29 is 4.79 Å². The van der Waals surface area contributed by atoms with E-state index < -0.39 is 0 Å². The molecule has 1 aromatic carbocycles. The predicted octanol–water partition coefficient (Wildman–Crippen LogP) is 2.68. The van der Waals surface area contributed by atoms with Crippen molar-refractivity contribution in [3.8, 4) is 0 Å². The van der Waals surface area contributed by atoms with E-state index >= 15 is 0 Å². The molecule has 0 aromatic heterocycles. The molecule has 20 heavy (non-hydrogen) atoms. The molecule has 2 N–H and O–H groups in total. The summed E-state index contributed by atoms with van der Waals surface area (Å²) in [6.45, 7) is 8.68. The number of carbonyl (C=O) groups excluding carboxylic acids is 1. The van der Waals surface area contributed by atoms with Gasteiger partial charge in [-0.25, -0.2) is 0 Å². The highest BCUT2D eigenvalue weighted by Gasteiger charge is 2.38. The highest BCUT2D eigenvalue weighted by Crippen LogP contribution is 2.42. The summed E-state index contributed by atoms with van der Waals surface area (Å²) in [6.07, 6.45) is 1.12. The zero-order chi connectivity index (χ0) is 14.8. The molecule has 1 aliphatic carbocycles. The first-order valence-electron chi connectivity index (χ1n) is 7.46. The predicted molar refractivity (Wildman–Crippen MR) is 82.7 cm³/mol. The Morgan fingerprint density at radius 1 is 1.25 bits per heavy atom. The minimum atomic E-state index is -0.156. The summed E-state index contributed by atoms with van der Waals surface area (Å²) in [6, 6.07) is 11.1. The Bertz CT molecular complexity index is 450. The topological polar surface area (TPSA) is 41.1 Å². The van der Waals surface area contributed by atoms with Crippen molar-refractivity contribution in [3.63, 3.8) is 0 Å². The molecule has 1 saturated carbocycles.